The summed E-state index contributed by atoms with van der Waals surface area (Å²) in [5.41, 5.74) is 1.40. The first-order valence-electron chi connectivity index (χ1n) is 6.56. The van der Waals surface area contributed by atoms with Crippen molar-refractivity contribution in [2.24, 2.45) is 5.92 Å². The molecule has 1 amide bonds. The molecule has 5 nitrogen and oxygen atoms in total. The number of aromatic nitrogens is 1. The molecule has 0 aliphatic rings. The molecular weight excluding hydrogens is 256 g/mol. The van der Waals surface area contributed by atoms with E-state index in [1.165, 1.54) is 4.90 Å². The lowest BCUT2D eigenvalue weighted by molar-refractivity contribution is -0.137. The lowest BCUT2D eigenvalue weighted by atomic mass is 10.1. The Morgan fingerprint density at radius 1 is 1.30 bits per heavy atom. The number of amides is 1. The third-order valence-corrected chi connectivity index (χ3v) is 3.02. The number of carboxylic acids is 1. The summed E-state index contributed by atoms with van der Waals surface area (Å²) in [5.74, 6) is -1.03. The van der Waals surface area contributed by atoms with E-state index in [2.05, 4.69) is 4.98 Å². The van der Waals surface area contributed by atoms with E-state index in [0.717, 1.165) is 10.9 Å². The minimum Gasteiger partial charge on any atom is -0.480 e. The molecule has 106 valence electrons. The molecule has 0 atom stereocenters. The van der Waals surface area contributed by atoms with Crippen LogP contribution in [0.2, 0.25) is 0 Å². The van der Waals surface area contributed by atoms with E-state index in [9.17, 15) is 9.59 Å². The van der Waals surface area contributed by atoms with Gasteiger partial charge in [-0.05, 0) is 24.1 Å². The van der Waals surface area contributed by atoms with Crippen LogP contribution in [0.15, 0.2) is 30.5 Å². The molecule has 0 radical (unpaired) electrons. The quantitative estimate of drug-likeness (QED) is 0.879. The molecule has 2 rings (SSSR count). The maximum atomic E-state index is 12.6. The minimum absolute atomic E-state index is 0.212. The molecule has 20 heavy (non-hydrogen) atoms. The molecule has 0 unspecified atom stereocenters. The Kier molecular flexibility index (Phi) is 4.08. The van der Waals surface area contributed by atoms with Crippen molar-refractivity contribution >= 4 is 22.8 Å². The standard InChI is InChI=1S/C15H18N2O3/c1-10(2)8-17(9-14(18)19)15(20)12-4-3-5-13-11(12)6-7-16-13/h3-7,10,16H,8-9H2,1-2H3,(H,18,19). The third kappa shape index (κ3) is 2.99. The fourth-order valence-electron chi connectivity index (χ4n) is 2.27. The van der Waals surface area contributed by atoms with Crippen molar-refractivity contribution in [3.05, 3.63) is 36.0 Å². The van der Waals surface area contributed by atoms with Gasteiger partial charge in [0, 0.05) is 29.2 Å². The van der Waals surface area contributed by atoms with Crippen molar-refractivity contribution in [1.82, 2.24) is 9.88 Å². The summed E-state index contributed by atoms with van der Waals surface area (Å²) >= 11 is 0. The largest absolute Gasteiger partial charge is 0.480 e. The Labute approximate surface area is 117 Å². The van der Waals surface area contributed by atoms with Crippen LogP contribution >= 0.6 is 0 Å². The van der Waals surface area contributed by atoms with Crippen LogP contribution in [0.3, 0.4) is 0 Å². The molecule has 0 aliphatic carbocycles. The van der Waals surface area contributed by atoms with Crippen LogP contribution in [-0.2, 0) is 4.79 Å². The number of nitrogens with zero attached hydrogens (tertiary/aromatic N) is 1. The zero-order valence-electron chi connectivity index (χ0n) is 11.6. The summed E-state index contributed by atoms with van der Waals surface area (Å²) in [7, 11) is 0. The number of nitrogens with one attached hydrogen (secondary N) is 1. The van der Waals surface area contributed by atoms with Crippen LogP contribution in [0, 0.1) is 5.92 Å². The molecule has 0 bridgehead atoms. The van der Waals surface area contributed by atoms with Gasteiger partial charge < -0.3 is 15.0 Å². The zero-order valence-corrected chi connectivity index (χ0v) is 11.6. The highest BCUT2D eigenvalue weighted by atomic mass is 16.4. The summed E-state index contributed by atoms with van der Waals surface area (Å²) in [6.45, 7) is 4.06. The molecule has 0 saturated heterocycles. The van der Waals surface area contributed by atoms with Gasteiger partial charge in [-0.1, -0.05) is 19.9 Å². The number of aliphatic carboxylic acids is 1. The average Bonchev–Trinajstić information content (AvgIpc) is 2.83. The SMILES string of the molecule is CC(C)CN(CC(=O)O)C(=O)c1cccc2[nH]ccc12. The highest BCUT2D eigenvalue weighted by molar-refractivity contribution is 6.07. The van der Waals surface area contributed by atoms with Gasteiger partial charge in [-0.25, -0.2) is 0 Å². The molecule has 1 aromatic heterocycles. The number of rotatable bonds is 5. The summed E-state index contributed by atoms with van der Waals surface area (Å²) < 4.78 is 0. The van der Waals surface area contributed by atoms with E-state index in [1.807, 2.05) is 26.0 Å². The Morgan fingerprint density at radius 2 is 2.05 bits per heavy atom. The van der Waals surface area contributed by atoms with Gasteiger partial charge >= 0.3 is 5.97 Å². The molecular formula is C15H18N2O3. The summed E-state index contributed by atoms with van der Waals surface area (Å²) in [6.07, 6.45) is 1.77. The van der Waals surface area contributed by atoms with Crippen LogP contribution in [0.4, 0.5) is 0 Å². The molecule has 1 heterocycles. The second-order valence-corrected chi connectivity index (χ2v) is 5.22. The second-order valence-electron chi connectivity index (χ2n) is 5.22. The van der Waals surface area contributed by atoms with Crippen LogP contribution < -0.4 is 0 Å². The maximum absolute atomic E-state index is 12.6. The molecule has 0 aliphatic heterocycles. The Hall–Kier alpha value is -2.30. The third-order valence-electron chi connectivity index (χ3n) is 3.02. The fourth-order valence-corrected chi connectivity index (χ4v) is 2.27. The number of H-pyrrole nitrogens is 1. The van der Waals surface area contributed by atoms with Gasteiger partial charge in [0.1, 0.15) is 6.54 Å². The zero-order chi connectivity index (χ0) is 14.7. The number of carbonyl (C=O) groups excluding carboxylic acids is 1. The normalized spacial score (nSPS) is 10.9. The number of fused-ring (bicyclic) bond motifs is 1. The van der Waals surface area contributed by atoms with Crippen molar-refractivity contribution in [1.29, 1.82) is 0 Å². The molecule has 2 aromatic rings. The van der Waals surface area contributed by atoms with Gasteiger partial charge in [0.25, 0.3) is 5.91 Å². The van der Waals surface area contributed by atoms with Gasteiger partial charge in [-0.15, -0.1) is 0 Å². The summed E-state index contributed by atoms with van der Waals surface area (Å²) in [4.78, 5) is 27.9. The molecule has 0 spiro atoms. The van der Waals surface area contributed by atoms with Crippen molar-refractivity contribution in [3.63, 3.8) is 0 Å². The first-order chi connectivity index (χ1) is 9.49. The van der Waals surface area contributed by atoms with Gasteiger partial charge in [0.05, 0.1) is 0 Å². The topological polar surface area (TPSA) is 73.4 Å². The van der Waals surface area contributed by atoms with Crippen LogP contribution in [0.1, 0.15) is 24.2 Å². The van der Waals surface area contributed by atoms with Crippen molar-refractivity contribution < 1.29 is 14.7 Å². The molecule has 0 fully saturated rings. The highest BCUT2D eigenvalue weighted by Gasteiger charge is 2.21. The molecule has 2 N–H and O–H groups in total. The first kappa shape index (κ1) is 14.1. The highest BCUT2D eigenvalue weighted by Crippen LogP contribution is 2.19. The van der Waals surface area contributed by atoms with Crippen molar-refractivity contribution in [3.8, 4) is 0 Å². The predicted octanol–water partition coefficient (Wildman–Crippen LogP) is 2.35. The van der Waals surface area contributed by atoms with E-state index in [4.69, 9.17) is 5.11 Å². The molecule has 5 heteroatoms. The van der Waals surface area contributed by atoms with Gasteiger partial charge in [-0.2, -0.15) is 0 Å². The smallest absolute Gasteiger partial charge is 0.323 e. The van der Waals surface area contributed by atoms with Gasteiger partial charge in [-0.3, -0.25) is 9.59 Å². The molecule has 1 aromatic carbocycles. The van der Waals surface area contributed by atoms with Crippen molar-refractivity contribution in [2.75, 3.05) is 13.1 Å². The maximum Gasteiger partial charge on any atom is 0.323 e. The monoisotopic (exact) mass is 274 g/mol. The van der Waals surface area contributed by atoms with E-state index in [-0.39, 0.29) is 18.4 Å². The number of carbonyl (C=O) groups is 2. The first-order valence-corrected chi connectivity index (χ1v) is 6.56. The van der Waals surface area contributed by atoms with Crippen molar-refractivity contribution in [2.45, 2.75) is 13.8 Å². The lowest BCUT2D eigenvalue weighted by Gasteiger charge is -2.23. The summed E-state index contributed by atoms with van der Waals surface area (Å²) in [5, 5.41) is 9.78. The number of benzene rings is 1. The average molecular weight is 274 g/mol. The minimum atomic E-state index is -1.000. The molecule has 0 saturated carbocycles. The van der Waals surface area contributed by atoms with Gasteiger partial charge in [0.15, 0.2) is 0 Å². The Morgan fingerprint density at radius 3 is 2.70 bits per heavy atom. The second kappa shape index (κ2) is 5.77. The Bertz CT molecular complexity index is 631. The van der Waals surface area contributed by atoms with Crippen LogP contribution in [0.25, 0.3) is 10.9 Å². The lowest BCUT2D eigenvalue weighted by Crippen LogP contribution is -2.38. The summed E-state index contributed by atoms with van der Waals surface area (Å²) in [6, 6.07) is 7.24. The van der Waals surface area contributed by atoms with Gasteiger partial charge in [0.2, 0.25) is 0 Å². The van der Waals surface area contributed by atoms with E-state index in [0.29, 0.717) is 12.1 Å². The number of carboxylic acid groups (broad SMARTS) is 1. The van der Waals surface area contributed by atoms with E-state index in [1.54, 1.807) is 18.3 Å². The van der Waals surface area contributed by atoms with Crippen LogP contribution in [-0.4, -0.2) is 40.0 Å². The number of aromatic amines is 1. The number of hydrogen-bond acceptors (Lipinski definition) is 2. The van der Waals surface area contributed by atoms with E-state index < -0.39 is 5.97 Å². The van der Waals surface area contributed by atoms with Crippen LogP contribution in [0.5, 0.6) is 0 Å². The predicted molar refractivity (Wildman–Crippen MR) is 76.7 cm³/mol. The number of hydrogen-bond donors (Lipinski definition) is 2. The van der Waals surface area contributed by atoms with E-state index >= 15 is 0 Å². The Balaban J connectivity index is 2.35. The fraction of sp³-hybridized carbons (Fsp3) is 0.333.